The summed E-state index contributed by atoms with van der Waals surface area (Å²) in [7, 11) is 0. The van der Waals surface area contributed by atoms with Crippen molar-refractivity contribution < 1.29 is 0 Å². The summed E-state index contributed by atoms with van der Waals surface area (Å²) in [5, 5.41) is 24.1. The molecule has 0 aromatic rings. The van der Waals surface area contributed by atoms with Gasteiger partial charge in [-0.1, -0.05) is 123 Å². The molecule has 10 aliphatic rings. The topological polar surface area (TPSA) is 72.2 Å². The maximum atomic E-state index is 4.08. The van der Waals surface area contributed by atoms with E-state index in [0.29, 0.717) is 59.9 Å². The fourth-order valence-electron chi connectivity index (χ4n) is 12.1. The first kappa shape index (κ1) is 39.1. The molecule has 10 rings (SSSR count). The summed E-state index contributed by atoms with van der Waals surface area (Å²) in [6.07, 6.45) is 64.4. The molecular formula is C52H70N6. The van der Waals surface area contributed by atoms with E-state index in [4.69, 9.17) is 0 Å². The first-order chi connectivity index (χ1) is 28.7. The van der Waals surface area contributed by atoms with Gasteiger partial charge >= 0.3 is 0 Å². The number of fused-ring (bicyclic) bond motifs is 1. The molecule has 12 unspecified atom stereocenters. The molecular weight excluding hydrogens is 709 g/mol. The first-order valence-electron chi connectivity index (χ1n) is 23.8. The second kappa shape index (κ2) is 18.3. The van der Waals surface area contributed by atoms with E-state index in [0.717, 1.165) is 32.1 Å². The van der Waals surface area contributed by atoms with Crippen LogP contribution in [-0.2, 0) is 0 Å². The van der Waals surface area contributed by atoms with E-state index in [1.165, 1.54) is 99.3 Å². The summed E-state index contributed by atoms with van der Waals surface area (Å²) in [6.45, 7) is 0. The fraction of sp³-hybridized carbons (Fsp3) is 0.577. The molecule has 12 atom stereocenters. The van der Waals surface area contributed by atoms with Gasteiger partial charge in [-0.3, -0.25) is 31.9 Å². The van der Waals surface area contributed by atoms with Crippen LogP contribution in [0, 0.1) is 41.4 Å². The minimum atomic E-state index is 0.178. The number of allylic oxidation sites excluding steroid dienone is 17. The smallest absolute Gasteiger partial charge is 0.0858 e. The lowest BCUT2D eigenvalue weighted by Crippen LogP contribution is -2.71. The van der Waals surface area contributed by atoms with Crippen LogP contribution in [0.1, 0.15) is 109 Å². The van der Waals surface area contributed by atoms with Gasteiger partial charge in [0.05, 0.1) is 37.0 Å². The molecule has 6 nitrogen and oxygen atoms in total. The molecule has 58 heavy (non-hydrogen) atoms. The molecule has 0 aromatic heterocycles. The Morgan fingerprint density at radius 3 is 1.84 bits per heavy atom. The van der Waals surface area contributed by atoms with Gasteiger partial charge < -0.3 is 0 Å². The Hall–Kier alpha value is -3.10. The van der Waals surface area contributed by atoms with Crippen molar-refractivity contribution in [2.45, 2.75) is 146 Å². The van der Waals surface area contributed by atoms with Crippen LogP contribution in [0.25, 0.3) is 0 Å². The number of hydrogen-bond acceptors (Lipinski definition) is 6. The van der Waals surface area contributed by atoms with Gasteiger partial charge in [0.15, 0.2) is 0 Å². The van der Waals surface area contributed by atoms with Gasteiger partial charge in [-0.05, 0) is 141 Å². The molecule has 1 saturated carbocycles. The highest BCUT2D eigenvalue weighted by Gasteiger charge is 2.39. The van der Waals surface area contributed by atoms with Crippen LogP contribution in [0.3, 0.4) is 0 Å². The van der Waals surface area contributed by atoms with Crippen molar-refractivity contribution >= 4 is 0 Å². The molecule has 3 fully saturated rings. The maximum absolute atomic E-state index is 4.08. The van der Waals surface area contributed by atoms with E-state index < -0.39 is 0 Å². The first-order valence-corrected chi connectivity index (χ1v) is 23.8. The third kappa shape index (κ3) is 8.85. The number of rotatable bonds is 8. The molecule has 6 heteroatoms. The molecule has 2 heterocycles. The van der Waals surface area contributed by atoms with Crippen molar-refractivity contribution in [2.24, 2.45) is 41.4 Å². The highest BCUT2D eigenvalue weighted by atomic mass is 15.4. The van der Waals surface area contributed by atoms with Crippen molar-refractivity contribution in [3.05, 3.63) is 131 Å². The van der Waals surface area contributed by atoms with Gasteiger partial charge in [0.2, 0.25) is 0 Å². The van der Waals surface area contributed by atoms with Crippen LogP contribution in [0.4, 0.5) is 0 Å². The Bertz CT molecular complexity index is 1830. The van der Waals surface area contributed by atoms with Crippen LogP contribution in [0.15, 0.2) is 131 Å². The van der Waals surface area contributed by atoms with Gasteiger partial charge in [-0.2, -0.15) is 0 Å². The predicted octanol–water partition coefficient (Wildman–Crippen LogP) is 9.53. The summed E-state index contributed by atoms with van der Waals surface area (Å²) >= 11 is 0. The van der Waals surface area contributed by atoms with E-state index in [9.17, 15) is 0 Å². The lowest BCUT2D eigenvalue weighted by molar-refractivity contribution is 0.129. The standard InChI is InChI=1S/C52H70N6/c1-5-13-38(14-6-1)47-53-48(39-15-7-2-8-16-39)56-51(55-47)42-27-21-35(22-28-42)44-31-25-37-26-32-45(34-46(37)33-44)36-23-29-43(30-24-36)52-57-49(40-17-9-3-10-18-40)54-50(58-52)41-19-11-4-12-20-41/h1-3,5,7,9,13,17,21,23,26-27,29-30,32-37,39,41-42,44,47-58H,4,6,8,10-12,14-16,18-20,22,24-25,28,31H2. The Balaban J connectivity index is 0.786. The van der Waals surface area contributed by atoms with Crippen molar-refractivity contribution in [3.63, 3.8) is 0 Å². The molecule has 2 aliphatic heterocycles. The van der Waals surface area contributed by atoms with Gasteiger partial charge in [-0.15, -0.1) is 0 Å². The quantitative estimate of drug-likeness (QED) is 0.138. The molecule has 6 N–H and O–H groups in total. The lowest BCUT2D eigenvalue weighted by Gasteiger charge is -2.46. The minimum Gasteiger partial charge on any atom is -0.286 e. The molecule has 8 aliphatic carbocycles. The molecule has 0 spiro atoms. The molecule has 0 bridgehead atoms. The Labute approximate surface area is 349 Å². The Kier molecular flexibility index (Phi) is 12.3. The highest BCUT2D eigenvalue weighted by Crippen LogP contribution is 2.42. The summed E-state index contributed by atoms with van der Waals surface area (Å²) in [4.78, 5) is 0. The monoisotopic (exact) mass is 779 g/mol. The minimum absolute atomic E-state index is 0.178. The average molecular weight is 779 g/mol. The van der Waals surface area contributed by atoms with Crippen LogP contribution in [-0.4, -0.2) is 37.0 Å². The normalized spacial score (nSPS) is 40.6. The van der Waals surface area contributed by atoms with Crippen molar-refractivity contribution in [1.82, 2.24) is 31.9 Å². The van der Waals surface area contributed by atoms with Crippen LogP contribution < -0.4 is 31.9 Å². The van der Waals surface area contributed by atoms with Gasteiger partial charge in [0.25, 0.3) is 0 Å². The van der Waals surface area contributed by atoms with Crippen LogP contribution >= 0.6 is 0 Å². The van der Waals surface area contributed by atoms with Gasteiger partial charge in [0, 0.05) is 17.8 Å². The molecule has 0 amide bonds. The third-order valence-corrected chi connectivity index (χ3v) is 15.6. The zero-order valence-electron chi connectivity index (χ0n) is 34.8. The summed E-state index contributed by atoms with van der Waals surface area (Å²) in [5.41, 5.74) is 7.48. The Morgan fingerprint density at radius 2 is 1.14 bits per heavy atom. The molecule has 0 aromatic carbocycles. The van der Waals surface area contributed by atoms with Gasteiger partial charge in [0.1, 0.15) is 0 Å². The zero-order valence-corrected chi connectivity index (χ0v) is 34.8. The van der Waals surface area contributed by atoms with Crippen molar-refractivity contribution in [2.75, 3.05) is 0 Å². The predicted molar refractivity (Wildman–Crippen MR) is 240 cm³/mol. The number of nitrogens with one attached hydrogen (secondary N) is 6. The largest absolute Gasteiger partial charge is 0.286 e. The van der Waals surface area contributed by atoms with Crippen molar-refractivity contribution in [3.8, 4) is 0 Å². The maximum Gasteiger partial charge on any atom is 0.0858 e. The Morgan fingerprint density at radius 1 is 0.448 bits per heavy atom. The molecule has 2 saturated heterocycles. The van der Waals surface area contributed by atoms with E-state index >= 15 is 0 Å². The summed E-state index contributed by atoms with van der Waals surface area (Å²) in [5.74, 6) is 4.18. The second-order valence-corrected chi connectivity index (χ2v) is 19.3. The third-order valence-electron chi connectivity index (χ3n) is 15.6. The fourth-order valence-corrected chi connectivity index (χ4v) is 12.1. The highest BCUT2D eigenvalue weighted by molar-refractivity contribution is 5.45. The van der Waals surface area contributed by atoms with E-state index in [2.05, 4.69) is 135 Å². The molecule has 0 radical (unpaired) electrons. The lowest BCUT2D eigenvalue weighted by atomic mass is 9.71. The SMILES string of the molecule is C1=CCCC(C2NC(C3=CCC(C4=CC5=CC(C6C=CC(C7NC(C8=CC=CCC8)NC(C8CC=CCC8)N7)CC6)CCC5C=C4)C=C3)NC(C3CCCCC3)N2)=C1. The van der Waals surface area contributed by atoms with Gasteiger partial charge in [-0.25, -0.2) is 0 Å². The average Bonchev–Trinajstić information content (AvgIpc) is 3.32. The summed E-state index contributed by atoms with van der Waals surface area (Å²) < 4.78 is 0. The van der Waals surface area contributed by atoms with E-state index in [-0.39, 0.29) is 18.5 Å². The second-order valence-electron chi connectivity index (χ2n) is 19.3. The van der Waals surface area contributed by atoms with E-state index in [1.54, 1.807) is 5.57 Å². The van der Waals surface area contributed by atoms with Crippen LogP contribution in [0.5, 0.6) is 0 Å². The molecule has 308 valence electrons. The van der Waals surface area contributed by atoms with Crippen molar-refractivity contribution in [1.29, 1.82) is 0 Å². The summed E-state index contributed by atoms with van der Waals surface area (Å²) in [6, 6.07) is 0. The zero-order chi connectivity index (χ0) is 38.7. The van der Waals surface area contributed by atoms with Crippen LogP contribution in [0.2, 0.25) is 0 Å². The van der Waals surface area contributed by atoms with E-state index in [1.807, 2.05) is 0 Å². The number of hydrogen-bond donors (Lipinski definition) is 6.